The number of hydrogen-bond donors (Lipinski definition) is 1. The number of nitrogens with zero attached hydrogens (tertiary/aromatic N) is 2. The molecule has 0 atom stereocenters. The summed E-state index contributed by atoms with van der Waals surface area (Å²) < 4.78 is 15.0. The van der Waals surface area contributed by atoms with E-state index >= 15 is 0 Å². The van der Waals surface area contributed by atoms with E-state index in [0.29, 0.717) is 15.8 Å². The third kappa shape index (κ3) is 2.85. The molecule has 3 aromatic rings. The Labute approximate surface area is 139 Å². The van der Waals surface area contributed by atoms with E-state index in [4.69, 9.17) is 11.6 Å². The van der Waals surface area contributed by atoms with Crippen molar-refractivity contribution < 1.29 is 9.18 Å². The van der Waals surface area contributed by atoms with Gasteiger partial charge in [-0.3, -0.25) is 4.79 Å². The minimum Gasteiger partial charge on any atom is -0.332 e. The predicted octanol–water partition coefficient (Wildman–Crippen LogP) is 3.32. The fourth-order valence-electron chi connectivity index (χ4n) is 2.11. The van der Waals surface area contributed by atoms with Gasteiger partial charge in [0.15, 0.2) is 0 Å². The highest BCUT2D eigenvalue weighted by Crippen LogP contribution is 2.22. The van der Waals surface area contributed by atoms with Crippen LogP contribution in [0.4, 0.5) is 9.18 Å². The molecule has 2 heterocycles. The molecule has 2 aromatic heterocycles. The molecule has 23 heavy (non-hydrogen) atoms. The second-order valence-electron chi connectivity index (χ2n) is 4.86. The molecule has 0 spiro atoms. The summed E-state index contributed by atoms with van der Waals surface area (Å²) in [4.78, 5) is 28.8. The first kappa shape index (κ1) is 15.6. The standard InChI is InChI=1S/C15H11ClFN3O2S/c1-8-4-5-11(16)10(12(8)17)7-19-15(22)20-14(21)9-3-2-6-18-13(9)23-20/h2-6H,7H2,1H3,(H,19,22). The summed E-state index contributed by atoms with van der Waals surface area (Å²) in [6, 6.07) is 5.71. The van der Waals surface area contributed by atoms with Crippen LogP contribution in [0, 0.1) is 12.7 Å². The van der Waals surface area contributed by atoms with Gasteiger partial charge in [0.2, 0.25) is 0 Å². The van der Waals surface area contributed by atoms with Gasteiger partial charge in [0, 0.05) is 23.3 Å². The summed E-state index contributed by atoms with van der Waals surface area (Å²) in [5, 5.41) is 3.10. The van der Waals surface area contributed by atoms with Gasteiger partial charge < -0.3 is 5.32 Å². The van der Waals surface area contributed by atoms with Crippen molar-refractivity contribution >= 4 is 39.4 Å². The first-order valence-corrected chi connectivity index (χ1v) is 7.83. The van der Waals surface area contributed by atoms with E-state index in [-0.39, 0.29) is 17.1 Å². The van der Waals surface area contributed by atoms with Crippen molar-refractivity contribution in [3.05, 3.63) is 62.8 Å². The summed E-state index contributed by atoms with van der Waals surface area (Å²) in [6.45, 7) is 1.50. The Balaban J connectivity index is 1.86. The van der Waals surface area contributed by atoms with Crippen LogP contribution in [-0.4, -0.2) is 15.0 Å². The van der Waals surface area contributed by atoms with E-state index in [0.717, 1.165) is 15.5 Å². The highest BCUT2D eigenvalue weighted by molar-refractivity contribution is 7.14. The smallest absolute Gasteiger partial charge is 0.332 e. The quantitative estimate of drug-likeness (QED) is 0.770. The Morgan fingerprint density at radius 2 is 2.22 bits per heavy atom. The number of benzene rings is 1. The fraction of sp³-hybridized carbons (Fsp3) is 0.133. The molecule has 0 saturated heterocycles. The van der Waals surface area contributed by atoms with Crippen molar-refractivity contribution in [1.29, 1.82) is 0 Å². The van der Waals surface area contributed by atoms with Gasteiger partial charge in [-0.05, 0) is 42.2 Å². The topological polar surface area (TPSA) is 64.0 Å². The molecule has 118 valence electrons. The Morgan fingerprint density at radius 1 is 1.43 bits per heavy atom. The molecule has 1 aromatic carbocycles. The summed E-state index contributed by atoms with van der Waals surface area (Å²) in [5.74, 6) is -0.469. The number of halogens is 2. The Hall–Kier alpha value is -2.25. The maximum Gasteiger partial charge on any atom is 0.338 e. The number of pyridine rings is 1. The van der Waals surface area contributed by atoms with Gasteiger partial charge in [-0.1, -0.05) is 17.7 Å². The second kappa shape index (κ2) is 6.10. The van der Waals surface area contributed by atoms with Gasteiger partial charge in [0.1, 0.15) is 10.6 Å². The van der Waals surface area contributed by atoms with Crippen molar-refractivity contribution in [2.75, 3.05) is 0 Å². The van der Waals surface area contributed by atoms with Crippen LogP contribution in [0.1, 0.15) is 11.1 Å². The molecule has 0 bridgehead atoms. The van der Waals surface area contributed by atoms with Crippen LogP contribution < -0.4 is 10.9 Å². The lowest BCUT2D eigenvalue weighted by atomic mass is 10.1. The first-order chi connectivity index (χ1) is 11.0. The molecule has 5 nitrogen and oxygen atoms in total. The summed E-state index contributed by atoms with van der Waals surface area (Å²) in [5.41, 5.74) is 0.167. The average Bonchev–Trinajstić information content (AvgIpc) is 2.88. The van der Waals surface area contributed by atoms with Gasteiger partial charge in [-0.25, -0.2) is 14.2 Å². The third-order valence-corrected chi connectivity index (χ3v) is 4.71. The van der Waals surface area contributed by atoms with E-state index in [2.05, 4.69) is 10.3 Å². The number of nitrogens with one attached hydrogen (secondary N) is 1. The summed E-state index contributed by atoms with van der Waals surface area (Å²) >= 11 is 6.89. The molecule has 0 aliphatic rings. The predicted molar refractivity (Wildman–Crippen MR) is 87.7 cm³/mol. The lowest BCUT2D eigenvalue weighted by Crippen LogP contribution is -2.33. The van der Waals surface area contributed by atoms with E-state index in [1.54, 1.807) is 37.4 Å². The van der Waals surface area contributed by atoms with E-state index in [1.807, 2.05) is 0 Å². The monoisotopic (exact) mass is 351 g/mol. The van der Waals surface area contributed by atoms with Crippen LogP contribution in [0.25, 0.3) is 10.2 Å². The minimum atomic E-state index is -0.644. The number of aryl methyl sites for hydroxylation is 1. The van der Waals surface area contributed by atoms with Crippen molar-refractivity contribution in [3.63, 3.8) is 0 Å². The maximum absolute atomic E-state index is 14.1. The van der Waals surface area contributed by atoms with Crippen molar-refractivity contribution in [2.45, 2.75) is 13.5 Å². The number of carbonyl (C=O) groups is 1. The maximum atomic E-state index is 14.1. The van der Waals surface area contributed by atoms with Crippen LogP contribution in [-0.2, 0) is 6.54 Å². The Bertz CT molecular complexity index is 967. The number of amides is 1. The van der Waals surface area contributed by atoms with Gasteiger partial charge in [0.05, 0.1) is 5.39 Å². The van der Waals surface area contributed by atoms with Crippen LogP contribution >= 0.6 is 23.1 Å². The normalized spacial score (nSPS) is 10.9. The lowest BCUT2D eigenvalue weighted by Gasteiger charge is -2.09. The van der Waals surface area contributed by atoms with Gasteiger partial charge >= 0.3 is 6.03 Å². The molecule has 0 aliphatic carbocycles. The number of carbonyl (C=O) groups excluding carboxylic acids is 1. The van der Waals surface area contributed by atoms with Crippen LogP contribution in [0.3, 0.4) is 0 Å². The Morgan fingerprint density at radius 3 is 2.96 bits per heavy atom. The highest BCUT2D eigenvalue weighted by atomic mass is 35.5. The third-order valence-electron chi connectivity index (χ3n) is 3.34. The zero-order valence-electron chi connectivity index (χ0n) is 12.0. The number of rotatable bonds is 2. The molecular formula is C15H11ClFN3O2S. The molecule has 1 N–H and O–H groups in total. The minimum absolute atomic E-state index is 0.112. The molecule has 0 radical (unpaired) electrons. The zero-order valence-corrected chi connectivity index (χ0v) is 13.5. The van der Waals surface area contributed by atoms with Crippen LogP contribution in [0.5, 0.6) is 0 Å². The molecule has 0 unspecified atom stereocenters. The van der Waals surface area contributed by atoms with E-state index in [1.165, 1.54) is 0 Å². The van der Waals surface area contributed by atoms with Gasteiger partial charge in [0.25, 0.3) is 5.56 Å². The molecule has 1 amide bonds. The number of hydrogen-bond acceptors (Lipinski definition) is 4. The van der Waals surface area contributed by atoms with Crippen molar-refractivity contribution in [2.24, 2.45) is 0 Å². The summed E-state index contributed by atoms with van der Waals surface area (Å²) in [7, 11) is 0. The SMILES string of the molecule is Cc1ccc(Cl)c(CNC(=O)n2sc3ncccc3c2=O)c1F. The first-order valence-electron chi connectivity index (χ1n) is 6.68. The fourth-order valence-corrected chi connectivity index (χ4v) is 3.19. The molecule has 0 fully saturated rings. The van der Waals surface area contributed by atoms with Crippen molar-refractivity contribution in [1.82, 2.24) is 14.3 Å². The van der Waals surface area contributed by atoms with Gasteiger partial charge in [-0.2, -0.15) is 3.96 Å². The molecule has 3 rings (SSSR count). The number of aromatic nitrogens is 2. The van der Waals surface area contributed by atoms with Gasteiger partial charge in [-0.15, -0.1) is 0 Å². The van der Waals surface area contributed by atoms with Crippen LogP contribution in [0.15, 0.2) is 35.3 Å². The Kier molecular flexibility index (Phi) is 4.14. The zero-order chi connectivity index (χ0) is 16.6. The molecule has 0 saturated carbocycles. The lowest BCUT2D eigenvalue weighted by molar-refractivity contribution is 0.243. The summed E-state index contributed by atoms with van der Waals surface area (Å²) in [6.07, 6.45) is 1.54. The van der Waals surface area contributed by atoms with E-state index in [9.17, 15) is 14.0 Å². The van der Waals surface area contributed by atoms with Crippen LogP contribution in [0.2, 0.25) is 5.02 Å². The number of fused-ring (bicyclic) bond motifs is 1. The molecular weight excluding hydrogens is 341 g/mol. The molecule has 8 heteroatoms. The van der Waals surface area contributed by atoms with Crippen molar-refractivity contribution in [3.8, 4) is 0 Å². The average molecular weight is 352 g/mol. The highest BCUT2D eigenvalue weighted by Gasteiger charge is 2.16. The van der Waals surface area contributed by atoms with E-state index < -0.39 is 17.4 Å². The molecule has 0 aliphatic heterocycles. The largest absolute Gasteiger partial charge is 0.338 e. The second-order valence-corrected chi connectivity index (χ2v) is 6.20.